The van der Waals surface area contributed by atoms with Crippen LogP contribution in [0, 0.1) is 17.3 Å². The van der Waals surface area contributed by atoms with Crippen LogP contribution in [0.3, 0.4) is 0 Å². The molecule has 0 aliphatic heterocycles. The zero-order chi connectivity index (χ0) is 12.9. The van der Waals surface area contributed by atoms with Gasteiger partial charge in [-0.2, -0.15) is 0 Å². The Morgan fingerprint density at radius 2 is 2.05 bits per heavy atom. The molecule has 1 heterocycles. The Morgan fingerprint density at radius 3 is 2.74 bits per heavy atom. The maximum atomic E-state index is 4.33. The van der Waals surface area contributed by atoms with Crippen LogP contribution in [0.2, 0.25) is 0 Å². The lowest BCUT2D eigenvalue weighted by Crippen LogP contribution is -2.36. The highest BCUT2D eigenvalue weighted by Gasteiger charge is 2.53. The molecule has 2 unspecified atom stereocenters. The number of hydrogen-bond acceptors (Lipinski definition) is 2. The maximum Gasteiger partial charge on any atom is 0.0410 e. The molecule has 1 aromatic heterocycles. The average Bonchev–Trinajstić information content (AvgIpc) is 3.28. The molecule has 2 nitrogen and oxygen atoms in total. The maximum absolute atomic E-state index is 4.33. The molecule has 3 saturated carbocycles. The van der Waals surface area contributed by atoms with Crippen LogP contribution in [0.1, 0.15) is 37.7 Å². The Hall–Kier alpha value is -0.410. The third kappa shape index (κ3) is 2.73. The van der Waals surface area contributed by atoms with Crippen molar-refractivity contribution in [2.24, 2.45) is 17.3 Å². The fraction of sp³-hybridized carbons (Fsp3) is 0.688. The van der Waals surface area contributed by atoms with Gasteiger partial charge >= 0.3 is 0 Å². The second kappa shape index (κ2) is 4.56. The van der Waals surface area contributed by atoms with E-state index in [1.54, 1.807) is 0 Å². The molecule has 0 spiro atoms. The smallest absolute Gasteiger partial charge is 0.0410 e. The van der Waals surface area contributed by atoms with Gasteiger partial charge < -0.3 is 5.32 Å². The molecular weight excluding hydrogens is 300 g/mol. The number of nitrogens with one attached hydrogen (secondary N) is 1. The van der Waals surface area contributed by atoms with E-state index in [-0.39, 0.29) is 0 Å². The van der Waals surface area contributed by atoms with E-state index in [0.717, 1.165) is 22.4 Å². The zero-order valence-electron chi connectivity index (χ0n) is 11.2. The molecule has 4 rings (SSSR count). The minimum atomic E-state index is 0.513. The lowest BCUT2D eigenvalue weighted by atomic mass is 9.77. The first-order valence-electron chi connectivity index (χ1n) is 7.55. The van der Waals surface area contributed by atoms with Gasteiger partial charge in [0.2, 0.25) is 0 Å². The molecule has 0 bridgehead atoms. The summed E-state index contributed by atoms with van der Waals surface area (Å²) in [5.41, 5.74) is 1.91. The lowest BCUT2D eigenvalue weighted by Gasteiger charge is -2.31. The van der Waals surface area contributed by atoms with Crippen molar-refractivity contribution in [3.05, 3.63) is 28.5 Å². The van der Waals surface area contributed by atoms with Crippen molar-refractivity contribution in [1.29, 1.82) is 0 Å². The van der Waals surface area contributed by atoms with Crippen LogP contribution >= 0.6 is 15.9 Å². The standard InChI is InChI=1S/C16H21BrN2/c17-14-3-11(8-18-9-14)5-16(10-19-15-1-2-15)6-12-4-13(12)7-16/h3,8-9,12-13,15,19H,1-2,4-7,10H2. The van der Waals surface area contributed by atoms with E-state index in [2.05, 4.69) is 32.3 Å². The third-order valence-electron chi connectivity index (χ3n) is 5.14. The van der Waals surface area contributed by atoms with Crippen LogP contribution in [0.5, 0.6) is 0 Å². The van der Waals surface area contributed by atoms with Gasteiger partial charge in [0, 0.05) is 29.5 Å². The van der Waals surface area contributed by atoms with Crippen molar-refractivity contribution in [3.8, 4) is 0 Å². The number of fused-ring (bicyclic) bond motifs is 1. The highest BCUT2D eigenvalue weighted by atomic mass is 79.9. The van der Waals surface area contributed by atoms with Crippen LogP contribution in [0.25, 0.3) is 0 Å². The van der Waals surface area contributed by atoms with Gasteiger partial charge in [-0.3, -0.25) is 4.98 Å². The molecule has 19 heavy (non-hydrogen) atoms. The Morgan fingerprint density at radius 1 is 1.26 bits per heavy atom. The Kier molecular flexibility index (Phi) is 2.96. The van der Waals surface area contributed by atoms with E-state index in [1.807, 2.05) is 12.4 Å². The summed E-state index contributed by atoms with van der Waals surface area (Å²) in [6.07, 6.45) is 12.3. The summed E-state index contributed by atoms with van der Waals surface area (Å²) in [6, 6.07) is 3.07. The largest absolute Gasteiger partial charge is 0.313 e. The van der Waals surface area contributed by atoms with Crippen LogP contribution in [-0.4, -0.2) is 17.6 Å². The summed E-state index contributed by atoms with van der Waals surface area (Å²) in [5, 5.41) is 3.78. The van der Waals surface area contributed by atoms with E-state index in [0.29, 0.717) is 5.41 Å². The summed E-state index contributed by atoms with van der Waals surface area (Å²) in [7, 11) is 0. The van der Waals surface area contributed by atoms with Crippen molar-refractivity contribution in [2.75, 3.05) is 6.54 Å². The van der Waals surface area contributed by atoms with Gasteiger partial charge in [0.25, 0.3) is 0 Å². The normalized spacial score (nSPS) is 36.3. The Labute approximate surface area is 123 Å². The molecule has 0 aromatic carbocycles. The molecule has 0 saturated heterocycles. The minimum Gasteiger partial charge on any atom is -0.313 e. The summed E-state index contributed by atoms with van der Waals surface area (Å²) < 4.78 is 1.11. The van der Waals surface area contributed by atoms with Crippen LogP contribution in [0.15, 0.2) is 22.9 Å². The van der Waals surface area contributed by atoms with Gasteiger partial charge in [-0.15, -0.1) is 0 Å². The first-order chi connectivity index (χ1) is 9.22. The second-order valence-electron chi connectivity index (χ2n) is 7.01. The number of hydrogen-bond donors (Lipinski definition) is 1. The average molecular weight is 321 g/mol. The molecule has 0 radical (unpaired) electrons. The summed E-state index contributed by atoms with van der Waals surface area (Å²) in [4.78, 5) is 4.33. The number of aromatic nitrogens is 1. The number of nitrogens with zero attached hydrogens (tertiary/aromatic N) is 1. The minimum absolute atomic E-state index is 0.513. The summed E-state index contributed by atoms with van der Waals surface area (Å²) in [5.74, 6) is 2.09. The van der Waals surface area contributed by atoms with Crippen molar-refractivity contribution in [2.45, 2.75) is 44.6 Å². The SMILES string of the molecule is Brc1cncc(CC2(CNC3CC3)CC3CC3C2)c1. The van der Waals surface area contributed by atoms with E-state index in [4.69, 9.17) is 0 Å². The fourth-order valence-corrected chi connectivity index (χ4v) is 4.40. The molecule has 1 aromatic rings. The Bertz CT molecular complexity index is 473. The molecule has 3 heteroatoms. The molecule has 3 aliphatic carbocycles. The molecule has 3 fully saturated rings. The van der Waals surface area contributed by atoms with Crippen molar-refractivity contribution >= 4 is 15.9 Å². The van der Waals surface area contributed by atoms with Crippen molar-refractivity contribution < 1.29 is 0 Å². The molecule has 0 amide bonds. The van der Waals surface area contributed by atoms with Gasteiger partial charge in [-0.1, -0.05) is 0 Å². The van der Waals surface area contributed by atoms with Gasteiger partial charge in [0.15, 0.2) is 0 Å². The summed E-state index contributed by atoms with van der Waals surface area (Å²) in [6.45, 7) is 1.22. The zero-order valence-corrected chi connectivity index (χ0v) is 12.8. The summed E-state index contributed by atoms with van der Waals surface area (Å²) >= 11 is 3.54. The van der Waals surface area contributed by atoms with Crippen LogP contribution in [0.4, 0.5) is 0 Å². The number of pyridine rings is 1. The van der Waals surface area contributed by atoms with Crippen LogP contribution < -0.4 is 5.32 Å². The lowest BCUT2D eigenvalue weighted by molar-refractivity contribution is 0.247. The van der Waals surface area contributed by atoms with E-state index in [1.165, 1.54) is 50.6 Å². The number of halogens is 1. The molecular formula is C16H21BrN2. The topological polar surface area (TPSA) is 24.9 Å². The Balaban J connectivity index is 1.49. The highest BCUT2D eigenvalue weighted by molar-refractivity contribution is 9.10. The van der Waals surface area contributed by atoms with Gasteiger partial charge in [0.1, 0.15) is 0 Å². The third-order valence-corrected chi connectivity index (χ3v) is 5.58. The monoisotopic (exact) mass is 320 g/mol. The van der Waals surface area contributed by atoms with Gasteiger partial charge in [-0.05, 0) is 83.3 Å². The van der Waals surface area contributed by atoms with Crippen molar-refractivity contribution in [3.63, 3.8) is 0 Å². The van der Waals surface area contributed by atoms with E-state index in [9.17, 15) is 0 Å². The van der Waals surface area contributed by atoms with Crippen molar-refractivity contribution in [1.82, 2.24) is 10.3 Å². The van der Waals surface area contributed by atoms with E-state index < -0.39 is 0 Å². The van der Waals surface area contributed by atoms with Gasteiger partial charge in [-0.25, -0.2) is 0 Å². The first-order valence-corrected chi connectivity index (χ1v) is 8.35. The quantitative estimate of drug-likeness (QED) is 0.897. The first kappa shape index (κ1) is 12.3. The highest BCUT2D eigenvalue weighted by Crippen LogP contribution is 2.60. The van der Waals surface area contributed by atoms with Gasteiger partial charge in [0.05, 0.1) is 0 Å². The predicted molar refractivity (Wildman–Crippen MR) is 79.9 cm³/mol. The number of rotatable bonds is 5. The van der Waals surface area contributed by atoms with Crippen LogP contribution in [-0.2, 0) is 6.42 Å². The molecule has 102 valence electrons. The van der Waals surface area contributed by atoms with E-state index >= 15 is 0 Å². The predicted octanol–water partition coefficient (Wildman–Crippen LogP) is 3.55. The fourth-order valence-electron chi connectivity index (χ4n) is 3.99. The second-order valence-corrected chi connectivity index (χ2v) is 7.92. The molecule has 2 atom stereocenters. The molecule has 1 N–H and O–H groups in total. The molecule has 3 aliphatic rings.